The summed E-state index contributed by atoms with van der Waals surface area (Å²) in [6.45, 7) is 0. The quantitative estimate of drug-likeness (QED) is 0.148. The van der Waals surface area contributed by atoms with E-state index in [0.29, 0.717) is 14.7 Å². The van der Waals surface area contributed by atoms with Crippen LogP contribution in [-0.2, 0) is 81.9 Å². The van der Waals surface area contributed by atoms with Crippen LogP contribution in [0.4, 0.5) is 0 Å². The van der Waals surface area contributed by atoms with Gasteiger partial charge in [-0.1, -0.05) is 0 Å². The zero-order valence-electron chi connectivity index (χ0n) is 38.3. The molecule has 0 aliphatic rings. The molecule has 1 radical (unpaired) electrons. The minimum absolute atomic E-state index is 0. The van der Waals surface area contributed by atoms with Crippen LogP contribution >= 0.6 is 0 Å². The van der Waals surface area contributed by atoms with Crippen LogP contribution in [-0.4, -0.2) is 80.7 Å². The Hall–Kier alpha value is -6.44. The first kappa shape index (κ1) is 55.9. The molecule has 0 aliphatic carbocycles. The second-order valence-electron chi connectivity index (χ2n) is 15.4. The maximum absolute atomic E-state index is 12.7. The summed E-state index contributed by atoms with van der Waals surface area (Å²) in [4.78, 5) is 73.0. The van der Waals surface area contributed by atoms with E-state index in [1.165, 1.54) is 129 Å². The average Bonchev–Trinajstić information content (AvgIpc) is 3.33. The van der Waals surface area contributed by atoms with Crippen molar-refractivity contribution in [2.75, 3.05) is 37.5 Å². The molecule has 3 aromatic heterocycles. The molecule has 9 aromatic rings. The fourth-order valence-corrected chi connectivity index (χ4v) is 11.3. The molecule has 6 atom stereocenters. The second kappa shape index (κ2) is 22.4. The fraction of sp³-hybridized carbons (Fsp3) is 0.125. The third kappa shape index (κ3) is 11.4. The van der Waals surface area contributed by atoms with Gasteiger partial charge < -0.3 is 43.0 Å². The Morgan fingerprint density at radius 2 is 0.589 bits per heavy atom. The predicted molar refractivity (Wildman–Crippen MR) is 267 cm³/mol. The van der Waals surface area contributed by atoms with Gasteiger partial charge in [-0.3, -0.25) is 39.6 Å². The summed E-state index contributed by atoms with van der Waals surface area (Å²) < 4.78 is 88.3. The normalized spacial score (nSPS) is 13.7. The van der Waals surface area contributed by atoms with Gasteiger partial charge in [0.1, 0.15) is 16.7 Å². The Balaban J connectivity index is 0.000000177. The minimum Gasteiger partial charge on any atom is -0.545 e. The Bertz CT molecular complexity index is 3770. The Morgan fingerprint density at radius 1 is 0.356 bits per heavy atom. The number of rotatable bonds is 9. The van der Waals surface area contributed by atoms with E-state index in [-0.39, 0.29) is 114 Å². The molecule has 6 unspecified atom stereocenters. The monoisotopic (exact) mass is 1140 g/mol. The minimum atomic E-state index is -1.46. The average molecular weight is 1150 g/mol. The zero-order chi connectivity index (χ0) is 52.8. The molecule has 6 aromatic carbocycles. The van der Waals surface area contributed by atoms with Crippen LogP contribution in [0.25, 0.3) is 65.8 Å². The van der Waals surface area contributed by atoms with E-state index in [1.54, 1.807) is 0 Å². The standard InChI is InChI=1S/3C16H12O6S2.Fe/c3*1-23(20)9-6-11-14(17)10-5-8(16(18)19)3-4-12(10)22-15(11)13(7-9)24(2)21;/h3*3-7H,1-2H3,(H,18,19);/q;;;+3/p-3. The van der Waals surface area contributed by atoms with Gasteiger partial charge in [0.05, 0.1) is 97.3 Å². The number of carboxylic acid groups (broad SMARTS) is 3. The van der Waals surface area contributed by atoms with Crippen molar-refractivity contribution >= 4 is 149 Å². The molecule has 0 saturated heterocycles. The van der Waals surface area contributed by atoms with Gasteiger partial charge in [0.2, 0.25) is 16.3 Å². The molecule has 25 heteroatoms. The first-order valence-corrected chi connectivity index (χ1v) is 29.5. The van der Waals surface area contributed by atoms with Gasteiger partial charge in [-0.25, -0.2) is 0 Å². The van der Waals surface area contributed by atoms with E-state index < -0.39 is 99.0 Å². The first-order chi connectivity index (χ1) is 33.9. The molecule has 9 rings (SSSR count). The molecular weight excluding hydrogens is 1110 g/mol. The first-order valence-electron chi connectivity index (χ1n) is 20.2. The van der Waals surface area contributed by atoms with Crippen molar-refractivity contribution < 1.29 is 85.3 Å². The molecule has 0 amide bonds. The number of hydrogen-bond donors (Lipinski definition) is 0. The summed E-state index contributed by atoms with van der Waals surface area (Å²) >= 11 is 0. The van der Waals surface area contributed by atoms with Crippen molar-refractivity contribution in [1.29, 1.82) is 0 Å². The van der Waals surface area contributed by atoms with E-state index >= 15 is 0 Å². The maximum atomic E-state index is 12.7. The third-order valence-corrected chi connectivity index (χ3v) is 16.2. The predicted octanol–water partition coefficient (Wildman–Crippen LogP) is 2.35. The van der Waals surface area contributed by atoms with Gasteiger partial charge in [0.25, 0.3) is 0 Å². The SMILES string of the molecule is CS(=O)c1cc(S(C)=O)c2oc3ccc(C(=O)[O-])cc3c(=O)c2c1.CS(=O)c1cc(S(C)=O)c2oc3ccc(C(=O)[O-])cc3c(=O)c2c1.CS(=O)c1cc(S(C)=O)c2oc3ccc(C(=O)[O-])cc3c(=O)c2c1.[Fe+3]. The van der Waals surface area contributed by atoms with E-state index in [4.69, 9.17) is 13.3 Å². The van der Waals surface area contributed by atoms with Gasteiger partial charge in [0.15, 0.2) is 16.7 Å². The largest absolute Gasteiger partial charge is 3.00 e. The Morgan fingerprint density at radius 3 is 0.781 bits per heavy atom. The number of carbonyl (C=O) groups is 3. The van der Waals surface area contributed by atoms with Crippen molar-refractivity contribution in [3.05, 3.63) is 138 Å². The number of aromatic carboxylic acids is 3. The summed E-state index contributed by atoms with van der Waals surface area (Å²) in [6.07, 6.45) is 8.63. The smallest absolute Gasteiger partial charge is 0.545 e. The molecular formula is C48H33FeO18S6. The number of hydrogen-bond acceptors (Lipinski definition) is 18. The van der Waals surface area contributed by atoms with Crippen molar-refractivity contribution in [1.82, 2.24) is 0 Å². The van der Waals surface area contributed by atoms with Gasteiger partial charge in [0, 0.05) is 84.6 Å². The third-order valence-electron chi connectivity index (χ3n) is 10.8. The Labute approximate surface area is 436 Å². The van der Waals surface area contributed by atoms with Crippen LogP contribution < -0.4 is 31.6 Å². The molecule has 0 spiro atoms. The Kier molecular flexibility index (Phi) is 17.1. The van der Waals surface area contributed by atoms with Crippen molar-refractivity contribution in [2.45, 2.75) is 29.4 Å². The summed E-state index contributed by atoms with van der Waals surface area (Å²) in [5.41, 5.74) is -0.930. The summed E-state index contributed by atoms with van der Waals surface area (Å²) in [5, 5.41) is 33.5. The fourth-order valence-electron chi connectivity index (χ4n) is 7.23. The van der Waals surface area contributed by atoms with Crippen LogP contribution in [0, 0.1) is 0 Å². The van der Waals surface area contributed by atoms with Crippen molar-refractivity contribution in [2.24, 2.45) is 0 Å². The van der Waals surface area contributed by atoms with Crippen LogP contribution in [0.15, 0.2) is 148 Å². The van der Waals surface area contributed by atoms with Crippen molar-refractivity contribution in [3.63, 3.8) is 0 Å². The number of fused-ring (bicyclic) bond motifs is 6. The molecule has 377 valence electrons. The van der Waals surface area contributed by atoms with Gasteiger partial charge in [-0.15, -0.1) is 0 Å². The van der Waals surface area contributed by atoms with Crippen molar-refractivity contribution in [3.8, 4) is 0 Å². The van der Waals surface area contributed by atoms with Crippen LogP contribution in [0.3, 0.4) is 0 Å². The molecule has 0 saturated carbocycles. The summed E-state index contributed by atoms with van der Waals surface area (Å²) in [5.74, 6) is -4.22. The summed E-state index contributed by atoms with van der Waals surface area (Å²) in [7, 11) is -8.55. The molecule has 0 aliphatic heterocycles. The van der Waals surface area contributed by atoms with Crippen LogP contribution in [0.2, 0.25) is 0 Å². The molecule has 73 heavy (non-hydrogen) atoms. The number of benzene rings is 6. The topological polar surface area (TPSA) is 313 Å². The van der Waals surface area contributed by atoms with E-state index in [9.17, 15) is 69.3 Å². The van der Waals surface area contributed by atoms with Crippen LogP contribution in [0.5, 0.6) is 0 Å². The van der Waals surface area contributed by atoms with Gasteiger partial charge >= 0.3 is 17.1 Å². The summed E-state index contributed by atoms with van der Waals surface area (Å²) in [6, 6.07) is 20.1. The zero-order valence-corrected chi connectivity index (χ0v) is 44.3. The second-order valence-corrected chi connectivity index (χ2v) is 23.6. The molecule has 0 fully saturated rings. The van der Waals surface area contributed by atoms with Gasteiger partial charge in [-0.2, -0.15) is 0 Å². The number of carbonyl (C=O) groups excluding carboxylic acids is 3. The number of carboxylic acids is 3. The van der Waals surface area contributed by atoms with Gasteiger partial charge in [-0.05, 0) is 108 Å². The van der Waals surface area contributed by atoms with E-state index in [0.717, 1.165) is 0 Å². The maximum Gasteiger partial charge on any atom is 3.00 e. The van der Waals surface area contributed by atoms with Crippen LogP contribution in [0.1, 0.15) is 31.1 Å². The van der Waals surface area contributed by atoms with E-state index in [1.807, 2.05) is 0 Å². The van der Waals surface area contributed by atoms with E-state index in [2.05, 4.69) is 0 Å². The molecule has 0 bridgehead atoms. The molecule has 0 N–H and O–H groups in total. The molecule has 18 nitrogen and oxygen atoms in total. The molecule has 3 heterocycles.